The molecule has 49 heavy (non-hydrogen) atoms. The van der Waals surface area contributed by atoms with Crippen molar-refractivity contribution < 1.29 is 94.3 Å². The summed E-state index contributed by atoms with van der Waals surface area (Å²) in [5.41, 5.74) is 23.2. The van der Waals surface area contributed by atoms with E-state index in [1.165, 1.54) is 0 Å². The Labute approximate surface area is 280 Å². The van der Waals surface area contributed by atoms with Crippen molar-refractivity contribution in [3.05, 3.63) is 0 Å². The third-order valence-electron chi connectivity index (χ3n) is 6.45. The van der Waals surface area contributed by atoms with Crippen LogP contribution in [0.5, 0.6) is 0 Å². The monoisotopic (exact) mass is 724 g/mol. The number of rotatable bonds is 6. The fraction of sp³-hybridized carbons (Fsp3) is 0.846. The van der Waals surface area contributed by atoms with Crippen molar-refractivity contribution in [2.45, 2.75) is 126 Å². The maximum atomic E-state index is 10.9. The predicted molar refractivity (Wildman–Crippen MR) is 161 cm³/mol. The number of aliphatic carboxylic acids is 4. The molecule has 3 fully saturated rings. The van der Waals surface area contributed by atoms with E-state index in [0.29, 0.717) is 0 Å². The minimum Gasteiger partial charge on any atom is -0.481 e. The number of carboxylic acid groups (broad SMARTS) is 4. The molecular formula is C26H52N4O19. The van der Waals surface area contributed by atoms with E-state index in [-0.39, 0.29) is 19.5 Å². The highest BCUT2D eigenvalue weighted by Gasteiger charge is 2.51. The number of carbonyl (C=O) groups is 4. The first-order valence-corrected chi connectivity index (χ1v) is 14.5. The number of carboxylic acids is 4. The van der Waals surface area contributed by atoms with Gasteiger partial charge >= 0.3 is 0 Å². The topological polar surface area (TPSA) is 432 Å². The molecule has 0 aromatic heterocycles. The third kappa shape index (κ3) is 17.7. The van der Waals surface area contributed by atoms with Crippen molar-refractivity contribution in [3.8, 4) is 0 Å². The Hall–Kier alpha value is -2.72. The normalized spacial score (nSPS) is 38.2. The molecule has 1 saturated carbocycles. The van der Waals surface area contributed by atoms with Crippen LogP contribution in [0.3, 0.4) is 0 Å². The van der Waals surface area contributed by atoms with E-state index < -0.39 is 116 Å². The summed E-state index contributed by atoms with van der Waals surface area (Å²) in [7, 11) is 0. The van der Waals surface area contributed by atoms with Gasteiger partial charge in [-0.2, -0.15) is 0 Å². The lowest BCUT2D eigenvalue weighted by molar-refractivity contribution is -0.336. The summed E-state index contributed by atoms with van der Waals surface area (Å²) in [4.78, 5) is 36.0. The lowest BCUT2D eigenvalue weighted by Gasteiger charge is -2.48. The molecule has 0 amide bonds. The second-order valence-electron chi connectivity index (χ2n) is 10.8. The van der Waals surface area contributed by atoms with Gasteiger partial charge in [0, 0.05) is 52.9 Å². The molecule has 0 bridgehead atoms. The Morgan fingerprint density at radius 2 is 0.776 bits per heavy atom. The quantitative estimate of drug-likeness (QED) is 0.121. The fourth-order valence-electron chi connectivity index (χ4n) is 4.40. The molecule has 15 atom stereocenters. The summed E-state index contributed by atoms with van der Waals surface area (Å²) in [5, 5.41) is 101. The number of ether oxygens (including phenoxy) is 4. The summed E-state index contributed by atoms with van der Waals surface area (Å²) in [6.45, 7) is 3.99. The molecule has 0 aromatic carbocycles. The van der Waals surface area contributed by atoms with E-state index >= 15 is 0 Å². The Balaban J connectivity index is 0. The maximum absolute atomic E-state index is 10.9. The molecule has 1 aliphatic carbocycles. The third-order valence-corrected chi connectivity index (χ3v) is 6.45. The highest BCUT2D eigenvalue weighted by atomic mass is 16.7. The van der Waals surface area contributed by atoms with Crippen LogP contribution in [-0.4, -0.2) is 185 Å². The van der Waals surface area contributed by atoms with E-state index in [4.69, 9.17) is 81.5 Å². The van der Waals surface area contributed by atoms with Crippen LogP contribution in [0.15, 0.2) is 0 Å². The van der Waals surface area contributed by atoms with E-state index in [0.717, 1.165) is 27.7 Å². The zero-order valence-electron chi connectivity index (χ0n) is 27.3. The fourth-order valence-corrected chi connectivity index (χ4v) is 4.40. The van der Waals surface area contributed by atoms with Crippen LogP contribution < -0.4 is 22.9 Å². The van der Waals surface area contributed by atoms with Crippen molar-refractivity contribution in [2.24, 2.45) is 22.9 Å². The Morgan fingerprint density at radius 1 is 0.531 bits per heavy atom. The van der Waals surface area contributed by atoms with Crippen LogP contribution in [0.1, 0.15) is 34.1 Å². The lowest BCUT2D eigenvalue weighted by atomic mass is 9.84. The molecular weight excluding hydrogens is 672 g/mol. The van der Waals surface area contributed by atoms with E-state index in [2.05, 4.69) is 0 Å². The minimum atomic E-state index is -1.66. The Bertz CT molecular complexity index is 880. The van der Waals surface area contributed by atoms with Gasteiger partial charge in [0.2, 0.25) is 0 Å². The molecule has 2 heterocycles. The molecule has 2 aliphatic heterocycles. The molecule has 0 aromatic rings. The van der Waals surface area contributed by atoms with Gasteiger partial charge in [-0.1, -0.05) is 0 Å². The van der Waals surface area contributed by atoms with Crippen LogP contribution in [0, 0.1) is 0 Å². The van der Waals surface area contributed by atoms with Crippen molar-refractivity contribution >= 4 is 23.9 Å². The highest BCUT2D eigenvalue weighted by molar-refractivity contribution is 5.63. The largest absolute Gasteiger partial charge is 0.481 e. The Kier molecular flexibility index (Phi) is 23.3. The zero-order chi connectivity index (χ0) is 38.9. The first-order valence-electron chi connectivity index (χ1n) is 14.5. The first-order chi connectivity index (χ1) is 22.4. The highest BCUT2D eigenvalue weighted by Crippen LogP contribution is 2.31. The average molecular weight is 725 g/mol. The van der Waals surface area contributed by atoms with Gasteiger partial charge in [0.1, 0.15) is 67.1 Å². The molecule has 0 spiro atoms. The molecule has 3 aliphatic rings. The SMILES string of the molecule is CC(=O)O.CC(=O)O.CC(=O)O.CC(=O)O.NC[C@@H]1O[C@@H](O[C@H]2C(O)[C@@H](O[C@H]3O[C@H](CN)[C@@H](O)[C@H](O)[C@H]3O)[C@H](N)C[C@@H]2N)[C@@H](O)[C@H](O)[C@H]1O. The molecule has 19 N–H and O–H groups in total. The molecule has 0 radical (unpaired) electrons. The number of hydrogen-bond donors (Lipinski definition) is 15. The first kappa shape index (κ1) is 48.4. The van der Waals surface area contributed by atoms with Gasteiger partial charge in [-0.15, -0.1) is 0 Å². The predicted octanol–water partition coefficient (Wildman–Crippen LogP) is -6.93. The van der Waals surface area contributed by atoms with Crippen LogP contribution in [-0.2, 0) is 38.1 Å². The molecule has 290 valence electrons. The van der Waals surface area contributed by atoms with Gasteiger partial charge in [-0.25, -0.2) is 0 Å². The summed E-state index contributed by atoms with van der Waals surface area (Å²) in [6.07, 6.45) is -18.3. The second-order valence-corrected chi connectivity index (χ2v) is 10.8. The molecule has 3 rings (SSSR count). The summed E-state index contributed by atoms with van der Waals surface area (Å²) < 4.78 is 22.2. The van der Waals surface area contributed by atoms with E-state index in [9.17, 15) is 35.7 Å². The maximum Gasteiger partial charge on any atom is 0.300 e. The minimum absolute atomic E-state index is 0.0784. The van der Waals surface area contributed by atoms with Crippen molar-refractivity contribution in [2.75, 3.05) is 13.1 Å². The molecule has 1 unspecified atom stereocenters. The molecule has 23 nitrogen and oxygen atoms in total. The Morgan fingerprint density at radius 3 is 1.00 bits per heavy atom. The zero-order valence-corrected chi connectivity index (χ0v) is 27.3. The molecule has 23 heteroatoms. The smallest absolute Gasteiger partial charge is 0.300 e. The van der Waals surface area contributed by atoms with E-state index in [1.807, 2.05) is 0 Å². The van der Waals surface area contributed by atoms with Crippen molar-refractivity contribution in [1.29, 1.82) is 0 Å². The summed E-state index contributed by atoms with van der Waals surface area (Å²) in [6, 6.07) is -1.68. The number of hydrogen-bond acceptors (Lipinski definition) is 19. The number of aliphatic hydroxyl groups is 7. The van der Waals surface area contributed by atoms with Crippen LogP contribution in [0.25, 0.3) is 0 Å². The van der Waals surface area contributed by atoms with E-state index in [1.54, 1.807) is 0 Å². The standard InChI is InChI=1S/C18H36N4O11.4C2H4O2/c19-2-6-8(23)10(25)12(27)17(30-6)32-15-4(21)1-5(22)16(14(15)29)33-18-13(28)11(26)9(24)7(3-20)31-18;4*1-2(3)4/h4-18,23-29H,1-3,19-22H2;4*1H3,(H,3,4)/t4-,5+,6-,7+,8-,9+,10+,11-,12-,13+,14?,15+,16-,17-,18+;;;;. The van der Waals surface area contributed by atoms with Crippen molar-refractivity contribution in [3.63, 3.8) is 0 Å². The average Bonchev–Trinajstić information content (AvgIpc) is 2.96. The number of aliphatic hydroxyl groups excluding tert-OH is 7. The van der Waals surface area contributed by atoms with Gasteiger partial charge in [0.05, 0.1) is 0 Å². The van der Waals surface area contributed by atoms with Crippen LogP contribution in [0.4, 0.5) is 0 Å². The van der Waals surface area contributed by atoms with Crippen molar-refractivity contribution in [1.82, 2.24) is 0 Å². The van der Waals surface area contributed by atoms with Crippen LogP contribution in [0.2, 0.25) is 0 Å². The van der Waals surface area contributed by atoms with Gasteiger partial charge in [0.15, 0.2) is 12.6 Å². The van der Waals surface area contributed by atoms with Crippen LogP contribution >= 0.6 is 0 Å². The van der Waals surface area contributed by atoms with Gasteiger partial charge < -0.3 is 98.1 Å². The lowest BCUT2D eigenvalue weighted by Crippen LogP contribution is -2.68. The number of nitrogens with two attached hydrogens (primary N) is 4. The van der Waals surface area contributed by atoms with Gasteiger partial charge in [-0.05, 0) is 6.42 Å². The summed E-state index contributed by atoms with van der Waals surface area (Å²) in [5.74, 6) is -3.33. The van der Waals surface area contributed by atoms with Gasteiger partial charge in [0.25, 0.3) is 23.9 Å². The second kappa shape index (κ2) is 23.6. The summed E-state index contributed by atoms with van der Waals surface area (Å²) >= 11 is 0. The molecule has 2 saturated heterocycles. The van der Waals surface area contributed by atoms with Gasteiger partial charge in [-0.3, -0.25) is 19.2 Å².